The molecule has 7 nitrogen and oxygen atoms in total. The van der Waals surface area contributed by atoms with Crippen molar-refractivity contribution in [1.29, 1.82) is 0 Å². The average Bonchev–Trinajstić information content (AvgIpc) is 2.93. The van der Waals surface area contributed by atoms with Gasteiger partial charge in [-0.15, -0.1) is 0 Å². The smallest absolute Gasteiger partial charge is 0.261 e. The van der Waals surface area contributed by atoms with Gasteiger partial charge in [-0.2, -0.15) is 0 Å². The third kappa shape index (κ3) is 8.52. The number of amides is 2. The molecule has 3 aromatic rings. The SMILES string of the molecule is CC[C@H](C)NC(=O)[C@@H](Cc1ccccc1)N(Cc1cccc(Br)c1)C(=O)COc1cc(OC)cc(OC)c1. The molecular formula is C30H35BrN2O5. The molecule has 0 heterocycles. The Labute approximate surface area is 233 Å². The molecule has 0 aliphatic heterocycles. The number of benzene rings is 3. The standard InChI is InChI=1S/C30H35BrN2O5/c1-5-21(2)32-30(35)28(15-22-10-7-6-8-11-22)33(19-23-12-9-13-24(31)14-23)29(34)20-38-27-17-25(36-3)16-26(18-27)37-4/h6-14,16-18,21,28H,5,15,19-20H2,1-4H3,(H,32,35)/t21-,28+/m0/s1. The van der Waals surface area contributed by atoms with Crippen LogP contribution in [0.15, 0.2) is 77.3 Å². The van der Waals surface area contributed by atoms with Crippen molar-refractivity contribution in [3.63, 3.8) is 0 Å². The molecule has 0 saturated carbocycles. The molecule has 202 valence electrons. The van der Waals surface area contributed by atoms with Gasteiger partial charge >= 0.3 is 0 Å². The second-order valence-corrected chi connectivity index (χ2v) is 9.93. The van der Waals surface area contributed by atoms with Crippen LogP contribution in [0.25, 0.3) is 0 Å². The second-order valence-electron chi connectivity index (χ2n) is 9.01. The Morgan fingerprint density at radius 3 is 2.13 bits per heavy atom. The van der Waals surface area contributed by atoms with Crippen molar-refractivity contribution in [1.82, 2.24) is 10.2 Å². The van der Waals surface area contributed by atoms with Crippen LogP contribution in [0.5, 0.6) is 17.2 Å². The van der Waals surface area contributed by atoms with Gasteiger partial charge < -0.3 is 24.4 Å². The van der Waals surface area contributed by atoms with Crippen molar-refractivity contribution < 1.29 is 23.8 Å². The summed E-state index contributed by atoms with van der Waals surface area (Å²) in [5.41, 5.74) is 1.85. The summed E-state index contributed by atoms with van der Waals surface area (Å²) >= 11 is 3.51. The molecule has 0 aliphatic rings. The van der Waals surface area contributed by atoms with Crippen LogP contribution in [0, 0.1) is 0 Å². The van der Waals surface area contributed by atoms with E-state index in [4.69, 9.17) is 14.2 Å². The summed E-state index contributed by atoms with van der Waals surface area (Å²) in [6, 6.07) is 21.8. The third-order valence-electron chi connectivity index (χ3n) is 6.20. The zero-order valence-electron chi connectivity index (χ0n) is 22.3. The Hall–Kier alpha value is -3.52. The molecule has 2 amide bonds. The molecule has 0 saturated heterocycles. The minimum atomic E-state index is -0.735. The maximum Gasteiger partial charge on any atom is 0.261 e. The van der Waals surface area contributed by atoms with E-state index in [2.05, 4.69) is 21.2 Å². The number of carbonyl (C=O) groups excluding carboxylic acids is 2. The van der Waals surface area contributed by atoms with Gasteiger partial charge in [-0.1, -0.05) is 65.3 Å². The van der Waals surface area contributed by atoms with Gasteiger partial charge in [-0.25, -0.2) is 0 Å². The van der Waals surface area contributed by atoms with Crippen LogP contribution in [0.1, 0.15) is 31.4 Å². The van der Waals surface area contributed by atoms with Crippen molar-refractivity contribution in [3.8, 4) is 17.2 Å². The lowest BCUT2D eigenvalue weighted by Gasteiger charge is -2.32. The van der Waals surface area contributed by atoms with Crippen molar-refractivity contribution in [3.05, 3.63) is 88.4 Å². The summed E-state index contributed by atoms with van der Waals surface area (Å²) < 4.78 is 17.4. The van der Waals surface area contributed by atoms with E-state index in [1.54, 1.807) is 37.3 Å². The number of methoxy groups -OCH3 is 2. The first-order valence-electron chi connectivity index (χ1n) is 12.6. The van der Waals surface area contributed by atoms with E-state index in [9.17, 15) is 9.59 Å². The van der Waals surface area contributed by atoms with Gasteiger partial charge in [0.1, 0.15) is 23.3 Å². The first-order chi connectivity index (χ1) is 18.3. The molecule has 0 fully saturated rings. The quantitative estimate of drug-likeness (QED) is 0.292. The zero-order valence-corrected chi connectivity index (χ0v) is 23.9. The maximum absolute atomic E-state index is 13.8. The van der Waals surface area contributed by atoms with E-state index < -0.39 is 6.04 Å². The molecule has 2 atom stereocenters. The highest BCUT2D eigenvalue weighted by Gasteiger charge is 2.31. The molecular weight excluding hydrogens is 548 g/mol. The monoisotopic (exact) mass is 582 g/mol. The van der Waals surface area contributed by atoms with Crippen LogP contribution < -0.4 is 19.5 Å². The van der Waals surface area contributed by atoms with Crippen LogP contribution in [-0.2, 0) is 22.6 Å². The van der Waals surface area contributed by atoms with Gasteiger partial charge in [0.2, 0.25) is 5.91 Å². The number of nitrogens with one attached hydrogen (secondary N) is 1. The van der Waals surface area contributed by atoms with Gasteiger partial charge in [0.25, 0.3) is 5.91 Å². The van der Waals surface area contributed by atoms with Crippen molar-refractivity contribution in [2.75, 3.05) is 20.8 Å². The summed E-state index contributed by atoms with van der Waals surface area (Å²) in [6.07, 6.45) is 1.15. The van der Waals surface area contributed by atoms with E-state index in [-0.39, 0.29) is 31.0 Å². The van der Waals surface area contributed by atoms with Gasteiger partial charge in [-0.05, 0) is 36.6 Å². The minimum absolute atomic E-state index is 0.0240. The highest BCUT2D eigenvalue weighted by molar-refractivity contribution is 9.10. The highest BCUT2D eigenvalue weighted by atomic mass is 79.9. The summed E-state index contributed by atoms with van der Waals surface area (Å²) in [5.74, 6) is 1.02. The fraction of sp³-hybridized carbons (Fsp3) is 0.333. The van der Waals surface area contributed by atoms with Crippen molar-refractivity contribution in [2.45, 2.75) is 45.3 Å². The molecule has 8 heteroatoms. The Morgan fingerprint density at radius 1 is 0.895 bits per heavy atom. The Kier molecular flexibility index (Phi) is 11.0. The fourth-order valence-corrected chi connectivity index (χ4v) is 4.37. The molecule has 0 aliphatic carbocycles. The van der Waals surface area contributed by atoms with E-state index in [0.717, 1.165) is 22.0 Å². The highest BCUT2D eigenvalue weighted by Crippen LogP contribution is 2.27. The average molecular weight is 584 g/mol. The van der Waals surface area contributed by atoms with Gasteiger partial charge in [0.05, 0.1) is 14.2 Å². The minimum Gasteiger partial charge on any atom is -0.496 e. The first kappa shape index (κ1) is 29.0. The van der Waals surface area contributed by atoms with Crippen LogP contribution >= 0.6 is 15.9 Å². The van der Waals surface area contributed by atoms with Gasteiger partial charge in [0, 0.05) is 41.7 Å². The lowest BCUT2D eigenvalue weighted by Crippen LogP contribution is -2.53. The molecule has 3 aromatic carbocycles. The Bertz CT molecular complexity index is 1180. The van der Waals surface area contributed by atoms with Crippen molar-refractivity contribution in [2.24, 2.45) is 0 Å². The van der Waals surface area contributed by atoms with Crippen LogP contribution in [0.4, 0.5) is 0 Å². The molecule has 38 heavy (non-hydrogen) atoms. The molecule has 0 unspecified atom stereocenters. The largest absolute Gasteiger partial charge is 0.496 e. The molecule has 0 radical (unpaired) electrons. The molecule has 1 N–H and O–H groups in total. The predicted octanol–water partition coefficient (Wildman–Crippen LogP) is 5.40. The summed E-state index contributed by atoms with van der Waals surface area (Å²) in [5, 5.41) is 3.07. The second kappa shape index (κ2) is 14.4. The number of rotatable bonds is 13. The normalized spacial score (nSPS) is 12.2. The molecule has 0 spiro atoms. The van der Waals surface area contributed by atoms with Gasteiger partial charge in [0.15, 0.2) is 6.61 Å². The Morgan fingerprint density at radius 2 is 1.53 bits per heavy atom. The van der Waals surface area contributed by atoms with Crippen LogP contribution in [-0.4, -0.2) is 49.6 Å². The van der Waals surface area contributed by atoms with Crippen LogP contribution in [0.2, 0.25) is 0 Å². The van der Waals surface area contributed by atoms with E-state index in [0.29, 0.717) is 23.7 Å². The lowest BCUT2D eigenvalue weighted by atomic mass is 10.0. The summed E-state index contributed by atoms with van der Waals surface area (Å²) in [7, 11) is 3.10. The van der Waals surface area contributed by atoms with Gasteiger partial charge in [-0.3, -0.25) is 9.59 Å². The van der Waals surface area contributed by atoms with E-state index in [1.165, 1.54) is 0 Å². The number of nitrogens with zero attached hydrogens (tertiary/aromatic N) is 1. The topological polar surface area (TPSA) is 77.1 Å². The van der Waals surface area contributed by atoms with E-state index in [1.807, 2.05) is 68.4 Å². The number of hydrogen-bond acceptors (Lipinski definition) is 5. The maximum atomic E-state index is 13.8. The first-order valence-corrected chi connectivity index (χ1v) is 13.4. The third-order valence-corrected chi connectivity index (χ3v) is 6.69. The molecule has 3 rings (SSSR count). The number of halogens is 1. The fourth-order valence-electron chi connectivity index (χ4n) is 3.92. The number of carbonyl (C=O) groups is 2. The number of ether oxygens (including phenoxy) is 3. The van der Waals surface area contributed by atoms with E-state index >= 15 is 0 Å². The molecule has 0 bridgehead atoms. The predicted molar refractivity (Wildman–Crippen MR) is 152 cm³/mol. The lowest BCUT2D eigenvalue weighted by molar-refractivity contribution is -0.143. The van der Waals surface area contributed by atoms with Crippen molar-refractivity contribution >= 4 is 27.7 Å². The Balaban J connectivity index is 1.93. The molecule has 0 aromatic heterocycles. The zero-order chi connectivity index (χ0) is 27.5. The summed E-state index contributed by atoms with van der Waals surface area (Å²) in [6.45, 7) is 3.95. The van der Waals surface area contributed by atoms with Crippen LogP contribution in [0.3, 0.4) is 0 Å². The number of hydrogen-bond donors (Lipinski definition) is 1. The summed E-state index contributed by atoms with van der Waals surface area (Å²) in [4.78, 5) is 28.9.